The van der Waals surface area contributed by atoms with Gasteiger partial charge in [0.25, 0.3) is 0 Å². The standard InChI is InChI=1S/C19H14FN3/c20-16-8-6-14(7-9-16)12-23-11-10-17-18(13-23)22-19(21-17)15-4-2-1-3-5-15/h1-11,13H,12H2. The van der Waals surface area contributed by atoms with E-state index in [4.69, 9.17) is 0 Å². The quantitative estimate of drug-likeness (QED) is 0.567. The highest BCUT2D eigenvalue weighted by molar-refractivity contribution is 5.65. The van der Waals surface area contributed by atoms with E-state index in [2.05, 4.69) is 9.97 Å². The molecule has 0 aliphatic carbocycles. The average Bonchev–Trinajstić information content (AvgIpc) is 3.01. The fourth-order valence-electron chi connectivity index (χ4n) is 2.57. The lowest BCUT2D eigenvalue weighted by molar-refractivity contribution is 0.626. The molecule has 0 bridgehead atoms. The molecule has 4 heteroatoms. The summed E-state index contributed by atoms with van der Waals surface area (Å²) >= 11 is 0. The smallest absolute Gasteiger partial charge is 0.160 e. The molecule has 0 unspecified atom stereocenters. The molecule has 0 spiro atoms. The number of rotatable bonds is 3. The molecule has 2 aromatic carbocycles. The average molecular weight is 303 g/mol. The van der Waals surface area contributed by atoms with E-state index in [9.17, 15) is 4.39 Å². The van der Waals surface area contributed by atoms with Crippen molar-refractivity contribution in [2.24, 2.45) is 0 Å². The van der Waals surface area contributed by atoms with Gasteiger partial charge in [-0.2, -0.15) is 0 Å². The fourth-order valence-corrected chi connectivity index (χ4v) is 2.57. The molecule has 0 saturated carbocycles. The van der Waals surface area contributed by atoms with Crippen LogP contribution in [0.4, 0.5) is 4.39 Å². The number of hydrogen-bond acceptors (Lipinski definition) is 2. The molecular weight excluding hydrogens is 289 g/mol. The molecule has 23 heavy (non-hydrogen) atoms. The lowest BCUT2D eigenvalue weighted by Gasteiger charge is -2.07. The second-order valence-corrected chi connectivity index (χ2v) is 5.43. The highest BCUT2D eigenvalue weighted by atomic mass is 19.1. The number of aromatic nitrogens is 3. The Morgan fingerprint density at radius 3 is 2.35 bits per heavy atom. The largest absolute Gasteiger partial charge is 0.348 e. The van der Waals surface area contributed by atoms with Crippen molar-refractivity contribution in [2.75, 3.05) is 0 Å². The monoisotopic (exact) mass is 303 g/mol. The molecule has 0 aromatic heterocycles. The molecule has 0 saturated heterocycles. The van der Waals surface area contributed by atoms with Crippen molar-refractivity contribution in [3.05, 3.63) is 84.4 Å². The molecule has 0 fully saturated rings. The Labute approximate surface area is 133 Å². The van der Waals surface area contributed by atoms with Crippen LogP contribution in [-0.2, 0) is 6.54 Å². The maximum absolute atomic E-state index is 13.0. The van der Waals surface area contributed by atoms with Crippen LogP contribution >= 0.6 is 0 Å². The Balaban J connectivity index is 1.66. The first-order valence-corrected chi connectivity index (χ1v) is 7.41. The zero-order valence-electron chi connectivity index (χ0n) is 12.4. The minimum absolute atomic E-state index is 0.219. The highest BCUT2D eigenvalue weighted by Gasteiger charge is 2.12. The Morgan fingerprint density at radius 2 is 1.57 bits per heavy atom. The molecule has 0 atom stereocenters. The van der Waals surface area contributed by atoms with Crippen LogP contribution in [0.2, 0.25) is 0 Å². The van der Waals surface area contributed by atoms with Gasteiger partial charge >= 0.3 is 0 Å². The predicted octanol–water partition coefficient (Wildman–Crippen LogP) is 4.24. The van der Waals surface area contributed by atoms with Crippen LogP contribution in [0, 0.1) is 5.82 Å². The molecule has 2 aliphatic rings. The number of benzene rings is 2. The lowest BCUT2D eigenvalue weighted by atomic mass is 10.2. The van der Waals surface area contributed by atoms with Crippen LogP contribution in [0.15, 0.2) is 73.1 Å². The summed E-state index contributed by atoms with van der Waals surface area (Å²) in [6, 6.07) is 18.4. The van der Waals surface area contributed by atoms with Crippen molar-refractivity contribution in [3.63, 3.8) is 0 Å². The summed E-state index contributed by atoms with van der Waals surface area (Å²) in [6.07, 6.45) is 3.94. The zero-order chi connectivity index (χ0) is 15.6. The second-order valence-electron chi connectivity index (χ2n) is 5.43. The molecule has 3 nitrogen and oxygen atoms in total. The van der Waals surface area contributed by atoms with Gasteiger partial charge in [0.1, 0.15) is 11.5 Å². The highest BCUT2D eigenvalue weighted by Crippen LogP contribution is 2.24. The fraction of sp³-hybridized carbons (Fsp3) is 0.0526. The van der Waals surface area contributed by atoms with Crippen molar-refractivity contribution >= 4 is 0 Å². The van der Waals surface area contributed by atoms with Gasteiger partial charge in [0.15, 0.2) is 5.82 Å². The molecule has 112 valence electrons. The van der Waals surface area contributed by atoms with E-state index in [0.29, 0.717) is 6.54 Å². The predicted molar refractivity (Wildman–Crippen MR) is 87.6 cm³/mol. The number of fused-ring (bicyclic) bond motifs is 1. The van der Waals surface area contributed by atoms with Crippen molar-refractivity contribution in [2.45, 2.75) is 6.54 Å². The summed E-state index contributed by atoms with van der Waals surface area (Å²) in [4.78, 5) is 9.18. The van der Waals surface area contributed by atoms with Crippen LogP contribution in [-0.4, -0.2) is 14.5 Å². The number of nitrogens with zero attached hydrogens (tertiary/aromatic N) is 3. The van der Waals surface area contributed by atoms with Gasteiger partial charge in [-0.15, -0.1) is 0 Å². The Kier molecular flexibility index (Phi) is 3.35. The maximum atomic E-state index is 13.0. The SMILES string of the molecule is Fc1ccc(Cn2ccc3nc(-c4ccccc4)nc-3c2)cc1. The molecule has 2 heterocycles. The first-order chi connectivity index (χ1) is 11.3. The van der Waals surface area contributed by atoms with Crippen LogP contribution in [0.3, 0.4) is 0 Å². The van der Waals surface area contributed by atoms with Crippen molar-refractivity contribution in [1.29, 1.82) is 0 Å². The number of hydrogen-bond donors (Lipinski definition) is 0. The summed E-state index contributed by atoms with van der Waals surface area (Å²) in [7, 11) is 0. The van der Waals surface area contributed by atoms with Crippen LogP contribution in [0.5, 0.6) is 0 Å². The number of pyridine rings is 1. The molecule has 0 N–H and O–H groups in total. The Morgan fingerprint density at radius 1 is 0.826 bits per heavy atom. The third-order valence-electron chi connectivity index (χ3n) is 3.74. The van der Waals surface area contributed by atoms with Gasteiger partial charge in [0.05, 0.1) is 5.69 Å². The van der Waals surface area contributed by atoms with Crippen molar-refractivity contribution in [3.8, 4) is 22.8 Å². The lowest BCUT2D eigenvalue weighted by Crippen LogP contribution is -2.00. The molecule has 2 aromatic rings. The summed E-state index contributed by atoms with van der Waals surface area (Å²) in [5.74, 6) is 0.517. The topological polar surface area (TPSA) is 30.7 Å². The van der Waals surface area contributed by atoms with Gasteiger partial charge in [0, 0.05) is 24.5 Å². The van der Waals surface area contributed by atoms with Gasteiger partial charge in [-0.1, -0.05) is 42.5 Å². The minimum atomic E-state index is -0.219. The van der Waals surface area contributed by atoms with Crippen molar-refractivity contribution < 1.29 is 4.39 Å². The molecular formula is C19H14FN3. The molecule has 0 amide bonds. The molecule has 0 radical (unpaired) electrons. The Bertz CT molecular complexity index is 898. The Hall–Kier alpha value is -3.01. The van der Waals surface area contributed by atoms with E-state index in [1.54, 1.807) is 12.1 Å². The van der Waals surface area contributed by atoms with Crippen LogP contribution in [0.1, 0.15) is 5.56 Å². The minimum Gasteiger partial charge on any atom is -0.348 e. The van der Waals surface area contributed by atoms with Gasteiger partial charge < -0.3 is 4.57 Å². The summed E-state index contributed by atoms with van der Waals surface area (Å²) in [5.41, 5.74) is 3.78. The van der Waals surface area contributed by atoms with Crippen LogP contribution < -0.4 is 0 Å². The molecule has 2 aliphatic heterocycles. The zero-order valence-corrected chi connectivity index (χ0v) is 12.4. The van der Waals surface area contributed by atoms with E-state index >= 15 is 0 Å². The number of halogens is 1. The first kappa shape index (κ1) is 13.6. The van der Waals surface area contributed by atoms with Gasteiger partial charge in [0.2, 0.25) is 0 Å². The van der Waals surface area contributed by atoms with E-state index in [0.717, 1.165) is 28.3 Å². The third kappa shape index (κ3) is 2.83. The van der Waals surface area contributed by atoms with Crippen LogP contribution in [0.25, 0.3) is 22.8 Å². The van der Waals surface area contributed by atoms with Gasteiger partial charge in [-0.05, 0) is 23.8 Å². The van der Waals surface area contributed by atoms with E-state index in [-0.39, 0.29) is 5.82 Å². The van der Waals surface area contributed by atoms with E-state index in [1.807, 2.05) is 53.4 Å². The van der Waals surface area contributed by atoms with E-state index < -0.39 is 0 Å². The van der Waals surface area contributed by atoms with Crippen molar-refractivity contribution in [1.82, 2.24) is 14.5 Å². The van der Waals surface area contributed by atoms with Gasteiger partial charge in [-0.3, -0.25) is 0 Å². The summed E-state index contributed by atoms with van der Waals surface area (Å²) in [5, 5.41) is 0. The van der Waals surface area contributed by atoms with E-state index in [1.165, 1.54) is 12.1 Å². The van der Waals surface area contributed by atoms with Gasteiger partial charge in [-0.25, -0.2) is 14.4 Å². The molecule has 4 rings (SSSR count). The summed E-state index contributed by atoms with van der Waals surface area (Å²) < 4.78 is 15.0. The second kappa shape index (κ2) is 5.65. The normalized spacial score (nSPS) is 11.0. The maximum Gasteiger partial charge on any atom is 0.160 e. The third-order valence-corrected chi connectivity index (χ3v) is 3.74. The summed E-state index contributed by atoms with van der Waals surface area (Å²) in [6.45, 7) is 0.670. The number of imidazole rings is 1. The first-order valence-electron chi connectivity index (χ1n) is 7.41.